The number of aliphatic imine (C=N–C) groups is 1. The molecule has 0 saturated carbocycles. The van der Waals surface area contributed by atoms with Crippen LogP contribution in [0.3, 0.4) is 0 Å². The van der Waals surface area contributed by atoms with Gasteiger partial charge in [-0.15, -0.1) is 0 Å². The number of carbonyl (C=O) groups is 1. The quantitative estimate of drug-likeness (QED) is 0.538. The van der Waals surface area contributed by atoms with E-state index >= 15 is 0 Å². The van der Waals surface area contributed by atoms with Crippen molar-refractivity contribution >= 4 is 11.6 Å². The van der Waals surface area contributed by atoms with E-state index in [-0.39, 0.29) is 5.91 Å². The molecule has 1 N–H and O–H groups in total. The van der Waals surface area contributed by atoms with E-state index < -0.39 is 0 Å². The number of carbonyl (C=O) groups excluding carboxylic acids is 1. The van der Waals surface area contributed by atoms with E-state index in [4.69, 9.17) is 0 Å². The minimum atomic E-state index is 0.178. The molecule has 0 atom stereocenters. The molecule has 5 rings (SSSR count). The molecule has 3 aliphatic heterocycles. The predicted molar refractivity (Wildman–Crippen MR) is 148 cm³/mol. The molecule has 2 fully saturated rings. The third-order valence-electron chi connectivity index (χ3n) is 8.31. The summed E-state index contributed by atoms with van der Waals surface area (Å²) in [6.07, 6.45) is 13.4. The fourth-order valence-corrected chi connectivity index (χ4v) is 6.13. The van der Waals surface area contributed by atoms with E-state index in [1.807, 2.05) is 24.5 Å². The molecule has 0 bridgehead atoms. The van der Waals surface area contributed by atoms with Crippen molar-refractivity contribution in [3.8, 4) is 0 Å². The molecule has 2 aromatic rings. The van der Waals surface area contributed by atoms with Crippen molar-refractivity contribution < 1.29 is 4.79 Å². The Morgan fingerprint density at radius 2 is 1.76 bits per heavy atom. The predicted octanol–water partition coefficient (Wildman–Crippen LogP) is 4.74. The number of aromatic nitrogens is 2. The van der Waals surface area contributed by atoms with Crippen LogP contribution in [0.1, 0.15) is 67.7 Å². The number of allylic oxidation sites excluding steroid dienone is 1. The van der Waals surface area contributed by atoms with E-state index in [1.165, 1.54) is 43.8 Å². The monoisotopic (exact) mass is 502 g/mol. The molecule has 4 heterocycles. The van der Waals surface area contributed by atoms with Crippen molar-refractivity contribution in [3.05, 3.63) is 65.9 Å². The van der Waals surface area contributed by atoms with Gasteiger partial charge in [-0.2, -0.15) is 0 Å². The number of amides is 1. The van der Waals surface area contributed by atoms with Gasteiger partial charge in [-0.05, 0) is 67.8 Å². The summed E-state index contributed by atoms with van der Waals surface area (Å²) in [6.45, 7) is 12.4. The lowest BCUT2D eigenvalue weighted by Crippen LogP contribution is -2.48. The van der Waals surface area contributed by atoms with Crippen molar-refractivity contribution in [2.45, 2.75) is 59.0 Å². The Bertz CT molecular complexity index is 1070. The van der Waals surface area contributed by atoms with E-state index in [0.717, 1.165) is 69.3 Å². The standard InChI is InChI=1S/C30H42N6O/c1-24(2)20-34-16-9-30(10-17-34)11-18-36(19-12-30)29(37)26-7-5-25(6-8-26)21-35(22-27-4-3-13-31-27)23-28-32-14-15-33-28/h3,5-8,13-15,24H,4,9-12,16-23H2,1-2H3,(H,32,33). The molecular formula is C30H42N6O. The van der Waals surface area contributed by atoms with Crippen LogP contribution in [0.2, 0.25) is 0 Å². The Morgan fingerprint density at radius 3 is 2.38 bits per heavy atom. The average molecular weight is 503 g/mol. The van der Waals surface area contributed by atoms with Gasteiger partial charge in [-0.25, -0.2) is 4.98 Å². The fourth-order valence-electron chi connectivity index (χ4n) is 6.13. The SMILES string of the molecule is CC(C)CN1CCC2(CC1)CCN(C(=O)c1ccc(CN(CC3=NC=CC3)Cc3ncc[nH]3)cc1)CC2. The van der Waals surface area contributed by atoms with Crippen LogP contribution in [0.25, 0.3) is 0 Å². The van der Waals surface area contributed by atoms with Crippen LogP contribution < -0.4 is 0 Å². The highest BCUT2D eigenvalue weighted by molar-refractivity contribution is 5.94. The highest BCUT2D eigenvalue weighted by Gasteiger charge is 2.38. The van der Waals surface area contributed by atoms with Crippen molar-refractivity contribution in [1.29, 1.82) is 0 Å². The highest BCUT2D eigenvalue weighted by Crippen LogP contribution is 2.41. The van der Waals surface area contributed by atoms with Gasteiger partial charge in [0.15, 0.2) is 0 Å². The first-order valence-electron chi connectivity index (χ1n) is 14.0. The number of aromatic amines is 1. The number of nitrogens with zero attached hydrogens (tertiary/aromatic N) is 5. The second-order valence-electron chi connectivity index (χ2n) is 11.6. The van der Waals surface area contributed by atoms with Crippen LogP contribution in [0.4, 0.5) is 0 Å². The first-order chi connectivity index (χ1) is 18.0. The minimum Gasteiger partial charge on any atom is -0.348 e. The first kappa shape index (κ1) is 25.9. The van der Waals surface area contributed by atoms with Crippen LogP contribution in [0, 0.1) is 11.3 Å². The Balaban J connectivity index is 1.14. The third-order valence-corrected chi connectivity index (χ3v) is 8.31. The molecule has 1 spiro atoms. The lowest BCUT2D eigenvalue weighted by molar-refractivity contribution is 0.0279. The summed E-state index contributed by atoms with van der Waals surface area (Å²) >= 11 is 0. The minimum absolute atomic E-state index is 0.178. The van der Waals surface area contributed by atoms with Crippen molar-refractivity contribution in [1.82, 2.24) is 24.7 Å². The molecule has 3 aliphatic rings. The molecular weight excluding hydrogens is 460 g/mol. The second-order valence-corrected chi connectivity index (χ2v) is 11.6. The van der Waals surface area contributed by atoms with E-state index in [1.54, 1.807) is 6.20 Å². The van der Waals surface area contributed by atoms with Crippen LogP contribution in [0.15, 0.2) is 53.9 Å². The molecule has 1 amide bonds. The summed E-state index contributed by atoms with van der Waals surface area (Å²) in [5.74, 6) is 1.86. The van der Waals surface area contributed by atoms with E-state index in [2.05, 4.69) is 61.7 Å². The van der Waals surface area contributed by atoms with Crippen LogP contribution >= 0.6 is 0 Å². The molecule has 0 radical (unpaired) electrons. The highest BCUT2D eigenvalue weighted by atomic mass is 16.2. The number of benzene rings is 1. The van der Waals surface area contributed by atoms with Gasteiger partial charge in [0.25, 0.3) is 5.91 Å². The average Bonchev–Trinajstić information content (AvgIpc) is 3.61. The molecule has 1 aromatic heterocycles. The molecule has 2 saturated heterocycles. The van der Waals surface area contributed by atoms with E-state index in [9.17, 15) is 4.79 Å². The van der Waals surface area contributed by atoms with Crippen LogP contribution in [-0.2, 0) is 13.1 Å². The molecule has 7 nitrogen and oxygen atoms in total. The molecule has 198 valence electrons. The summed E-state index contributed by atoms with van der Waals surface area (Å²) < 4.78 is 0. The smallest absolute Gasteiger partial charge is 0.253 e. The van der Waals surface area contributed by atoms with Gasteiger partial charge in [0.2, 0.25) is 0 Å². The van der Waals surface area contributed by atoms with Gasteiger partial charge < -0.3 is 14.8 Å². The number of piperidine rings is 2. The van der Waals surface area contributed by atoms with E-state index in [0.29, 0.717) is 5.41 Å². The molecule has 0 unspecified atom stereocenters. The van der Waals surface area contributed by atoms with Gasteiger partial charge in [0.05, 0.1) is 6.54 Å². The van der Waals surface area contributed by atoms with Gasteiger partial charge in [0, 0.05) is 69.0 Å². The topological polar surface area (TPSA) is 67.8 Å². The number of rotatable bonds is 9. The number of hydrogen-bond acceptors (Lipinski definition) is 5. The summed E-state index contributed by atoms with van der Waals surface area (Å²) in [5, 5.41) is 0. The second kappa shape index (κ2) is 11.7. The Morgan fingerprint density at radius 1 is 1.03 bits per heavy atom. The zero-order valence-corrected chi connectivity index (χ0v) is 22.5. The number of H-pyrrole nitrogens is 1. The summed E-state index contributed by atoms with van der Waals surface area (Å²) in [7, 11) is 0. The summed E-state index contributed by atoms with van der Waals surface area (Å²) in [6, 6.07) is 8.22. The largest absolute Gasteiger partial charge is 0.348 e. The Hall–Kier alpha value is -2.77. The zero-order valence-electron chi connectivity index (χ0n) is 22.5. The van der Waals surface area contributed by atoms with Crippen molar-refractivity contribution in [2.75, 3.05) is 39.3 Å². The molecule has 1 aromatic carbocycles. The maximum Gasteiger partial charge on any atom is 0.253 e. The lowest BCUT2D eigenvalue weighted by atomic mass is 9.71. The van der Waals surface area contributed by atoms with Gasteiger partial charge in [-0.1, -0.05) is 32.1 Å². The molecule has 37 heavy (non-hydrogen) atoms. The number of likely N-dealkylation sites (tertiary alicyclic amines) is 2. The zero-order chi connectivity index (χ0) is 25.7. The number of nitrogens with one attached hydrogen (secondary N) is 1. The number of imidazole rings is 1. The Kier molecular flexibility index (Phi) is 8.20. The number of hydrogen-bond donors (Lipinski definition) is 1. The summed E-state index contributed by atoms with van der Waals surface area (Å²) in [4.78, 5) is 32.4. The molecule has 7 heteroatoms. The maximum absolute atomic E-state index is 13.3. The Labute approximate surface area is 221 Å². The summed E-state index contributed by atoms with van der Waals surface area (Å²) in [5.41, 5.74) is 3.62. The lowest BCUT2D eigenvalue weighted by Gasteiger charge is -2.47. The van der Waals surface area contributed by atoms with Crippen molar-refractivity contribution in [2.24, 2.45) is 16.3 Å². The van der Waals surface area contributed by atoms with Crippen LogP contribution in [0.5, 0.6) is 0 Å². The van der Waals surface area contributed by atoms with Gasteiger partial charge in [0.1, 0.15) is 5.82 Å². The molecule has 0 aliphatic carbocycles. The van der Waals surface area contributed by atoms with Crippen molar-refractivity contribution in [3.63, 3.8) is 0 Å². The first-order valence-corrected chi connectivity index (χ1v) is 14.0. The maximum atomic E-state index is 13.3. The third kappa shape index (κ3) is 6.76. The van der Waals surface area contributed by atoms with Gasteiger partial charge >= 0.3 is 0 Å². The fraction of sp³-hybridized carbons (Fsp3) is 0.567. The normalized spacial score (nSPS) is 19.8. The van der Waals surface area contributed by atoms with Crippen LogP contribution in [-0.4, -0.2) is 75.6 Å². The van der Waals surface area contributed by atoms with Gasteiger partial charge in [-0.3, -0.25) is 14.7 Å².